The molecule has 2 unspecified atom stereocenters. The molecular formula is C14H31N3. The molecule has 2 N–H and O–H groups in total. The molecule has 1 saturated carbocycles. The van der Waals surface area contributed by atoms with Gasteiger partial charge in [0.25, 0.3) is 0 Å². The van der Waals surface area contributed by atoms with E-state index in [4.69, 9.17) is 5.73 Å². The molecule has 3 heteroatoms. The van der Waals surface area contributed by atoms with E-state index in [0.29, 0.717) is 6.04 Å². The van der Waals surface area contributed by atoms with Gasteiger partial charge in [-0.3, -0.25) is 0 Å². The van der Waals surface area contributed by atoms with Crippen LogP contribution >= 0.6 is 0 Å². The maximum Gasteiger partial charge on any atom is 0.00419 e. The van der Waals surface area contributed by atoms with Crippen molar-refractivity contribution in [1.82, 2.24) is 9.80 Å². The van der Waals surface area contributed by atoms with Gasteiger partial charge >= 0.3 is 0 Å². The van der Waals surface area contributed by atoms with Crippen LogP contribution in [0.2, 0.25) is 0 Å². The van der Waals surface area contributed by atoms with Gasteiger partial charge in [0.05, 0.1) is 0 Å². The van der Waals surface area contributed by atoms with Crippen molar-refractivity contribution in [3.63, 3.8) is 0 Å². The third-order valence-corrected chi connectivity index (χ3v) is 3.87. The van der Waals surface area contributed by atoms with E-state index < -0.39 is 0 Å². The van der Waals surface area contributed by atoms with Gasteiger partial charge < -0.3 is 15.5 Å². The Morgan fingerprint density at radius 2 is 1.94 bits per heavy atom. The minimum atomic E-state index is 0.467. The average Bonchev–Trinajstić information content (AvgIpc) is 2.27. The summed E-state index contributed by atoms with van der Waals surface area (Å²) in [5, 5.41) is 0. The second-order valence-corrected chi connectivity index (χ2v) is 5.84. The standard InChI is InChI=1S/C14H31N3/c1-4-17(10-6-9-16(2)3)12-13-7-5-8-14(15)11-13/h13-14H,4-12,15H2,1-3H3. The van der Waals surface area contributed by atoms with E-state index in [0.717, 1.165) is 5.92 Å². The topological polar surface area (TPSA) is 32.5 Å². The Balaban J connectivity index is 2.20. The first-order chi connectivity index (χ1) is 8.11. The van der Waals surface area contributed by atoms with Gasteiger partial charge in [-0.1, -0.05) is 13.3 Å². The summed E-state index contributed by atoms with van der Waals surface area (Å²) < 4.78 is 0. The van der Waals surface area contributed by atoms with Crippen LogP contribution in [0.1, 0.15) is 39.0 Å². The Labute approximate surface area is 107 Å². The summed E-state index contributed by atoms with van der Waals surface area (Å²) in [5.41, 5.74) is 6.06. The lowest BCUT2D eigenvalue weighted by molar-refractivity contribution is 0.192. The van der Waals surface area contributed by atoms with E-state index in [2.05, 4.69) is 30.8 Å². The minimum Gasteiger partial charge on any atom is -0.328 e. The molecule has 102 valence electrons. The molecule has 0 spiro atoms. The molecule has 0 aromatic carbocycles. The molecule has 0 aromatic heterocycles. The molecule has 2 atom stereocenters. The maximum absolute atomic E-state index is 6.06. The van der Waals surface area contributed by atoms with Gasteiger partial charge in [0, 0.05) is 12.6 Å². The number of rotatable bonds is 7. The fourth-order valence-electron chi connectivity index (χ4n) is 2.85. The van der Waals surface area contributed by atoms with Crippen LogP contribution < -0.4 is 5.73 Å². The summed E-state index contributed by atoms with van der Waals surface area (Å²) in [5.74, 6) is 0.845. The first-order valence-corrected chi connectivity index (χ1v) is 7.24. The summed E-state index contributed by atoms with van der Waals surface area (Å²) in [6.45, 7) is 7.15. The Morgan fingerprint density at radius 1 is 1.18 bits per heavy atom. The highest BCUT2D eigenvalue weighted by Crippen LogP contribution is 2.23. The van der Waals surface area contributed by atoms with Gasteiger partial charge in [0.2, 0.25) is 0 Å². The van der Waals surface area contributed by atoms with E-state index in [-0.39, 0.29) is 0 Å². The second-order valence-electron chi connectivity index (χ2n) is 5.84. The van der Waals surface area contributed by atoms with Crippen LogP contribution in [0.3, 0.4) is 0 Å². The molecule has 0 heterocycles. The van der Waals surface area contributed by atoms with Crippen LogP contribution in [-0.4, -0.2) is 56.1 Å². The van der Waals surface area contributed by atoms with Gasteiger partial charge in [-0.2, -0.15) is 0 Å². The van der Waals surface area contributed by atoms with Crippen LogP contribution in [-0.2, 0) is 0 Å². The lowest BCUT2D eigenvalue weighted by Crippen LogP contribution is -2.36. The van der Waals surface area contributed by atoms with E-state index in [1.807, 2.05) is 0 Å². The Hall–Kier alpha value is -0.120. The first-order valence-electron chi connectivity index (χ1n) is 7.24. The smallest absolute Gasteiger partial charge is 0.00419 e. The van der Waals surface area contributed by atoms with Crippen molar-refractivity contribution in [2.75, 3.05) is 40.3 Å². The fraction of sp³-hybridized carbons (Fsp3) is 1.00. The predicted molar refractivity (Wildman–Crippen MR) is 75.2 cm³/mol. The molecule has 1 fully saturated rings. The molecular weight excluding hydrogens is 210 g/mol. The SMILES string of the molecule is CCN(CCCN(C)C)CC1CCCC(N)C1. The molecule has 0 bridgehead atoms. The lowest BCUT2D eigenvalue weighted by atomic mass is 9.86. The number of nitrogens with zero attached hydrogens (tertiary/aromatic N) is 2. The third-order valence-electron chi connectivity index (χ3n) is 3.87. The van der Waals surface area contributed by atoms with Gasteiger partial charge in [-0.15, -0.1) is 0 Å². The largest absolute Gasteiger partial charge is 0.328 e. The average molecular weight is 241 g/mol. The molecule has 1 aliphatic carbocycles. The van der Waals surface area contributed by atoms with E-state index in [1.54, 1.807) is 0 Å². The highest BCUT2D eigenvalue weighted by Gasteiger charge is 2.20. The van der Waals surface area contributed by atoms with Crippen LogP contribution in [0.4, 0.5) is 0 Å². The summed E-state index contributed by atoms with van der Waals surface area (Å²) in [6, 6.07) is 0.467. The highest BCUT2D eigenvalue weighted by atomic mass is 15.1. The van der Waals surface area contributed by atoms with Crippen molar-refractivity contribution in [3.8, 4) is 0 Å². The second kappa shape index (κ2) is 8.06. The number of hydrogen-bond acceptors (Lipinski definition) is 3. The van der Waals surface area contributed by atoms with Crippen molar-refractivity contribution >= 4 is 0 Å². The molecule has 0 amide bonds. The molecule has 0 radical (unpaired) electrons. The monoisotopic (exact) mass is 241 g/mol. The quantitative estimate of drug-likeness (QED) is 0.737. The molecule has 0 aromatic rings. The van der Waals surface area contributed by atoms with Crippen molar-refractivity contribution in [2.24, 2.45) is 11.7 Å². The van der Waals surface area contributed by atoms with Crippen molar-refractivity contribution in [2.45, 2.75) is 45.1 Å². The van der Waals surface area contributed by atoms with Crippen LogP contribution in [0.5, 0.6) is 0 Å². The summed E-state index contributed by atoms with van der Waals surface area (Å²) >= 11 is 0. The highest BCUT2D eigenvalue weighted by molar-refractivity contribution is 4.77. The number of nitrogens with two attached hydrogens (primary N) is 1. The van der Waals surface area contributed by atoms with Crippen molar-refractivity contribution < 1.29 is 0 Å². The maximum atomic E-state index is 6.06. The number of hydrogen-bond donors (Lipinski definition) is 1. The molecule has 1 rings (SSSR count). The first kappa shape index (κ1) is 14.9. The zero-order chi connectivity index (χ0) is 12.7. The minimum absolute atomic E-state index is 0.467. The van der Waals surface area contributed by atoms with E-state index in [1.165, 1.54) is 58.3 Å². The van der Waals surface area contributed by atoms with E-state index in [9.17, 15) is 0 Å². The zero-order valence-electron chi connectivity index (χ0n) is 12.0. The lowest BCUT2D eigenvalue weighted by Gasteiger charge is -2.31. The molecule has 3 nitrogen and oxygen atoms in total. The normalized spacial score (nSPS) is 25.8. The summed E-state index contributed by atoms with van der Waals surface area (Å²) in [4.78, 5) is 4.87. The molecule has 0 saturated heterocycles. The van der Waals surface area contributed by atoms with Gasteiger partial charge in [-0.05, 0) is 65.3 Å². The molecule has 17 heavy (non-hydrogen) atoms. The summed E-state index contributed by atoms with van der Waals surface area (Å²) in [7, 11) is 4.30. The predicted octanol–water partition coefficient (Wildman–Crippen LogP) is 1.78. The van der Waals surface area contributed by atoms with Gasteiger partial charge in [-0.25, -0.2) is 0 Å². The van der Waals surface area contributed by atoms with Crippen molar-refractivity contribution in [3.05, 3.63) is 0 Å². The fourth-order valence-corrected chi connectivity index (χ4v) is 2.85. The van der Waals surface area contributed by atoms with Crippen LogP contribution in [0, 0.1) is 5.92 Å². The van der Waals surface area contributed by atoms with Gasteiger partial charge in [0.1, 0.15) is 0 Å². The molecule has 1 aliphatic rings. The van der Waals surface area contributed by atoms with Crippen LogP contribution in [0.25, 0.3) is 0 Å². The van der Waals surface area contributed by atoms with Crippen molar-refractivity contribution in [1.29, 1.82) is 0 Å². The third kappa shape index (κ3) is 6.39. The zero-order valence-corrected chi connectivity index (χ0v) is 12.0. The van der Waals surface area contributed by atoms with E-state index >= 15 is 0 Å². The Kier molecular flexibility index (Phi) is 7.09. The van der Waals surface area contributed by atoms with Crippen LogP contribution in [0.15, 0.2) is 0 Å². The summed E-state index contributed by atoms with van der Waals surface area (Å²) in [6.07, 6.45) is 6.48. The Bertz CT molecular complexity index is 194. The van der Waals surface area contributed by atoms with Gasteiger partial charge in [0.15, 0.2) is 0 Å². The molecule has 0 aliphatic heterocycles. The Morgan fingerprint density at radius 3 is 2.53 bits per heavy atom.